The molecule has 4 heteroatoms. The van der Waals surface area contributed by atoms with E-state index in [1.807, 2.05) is 39.9 Å². The molecule has 4 nitrogen and oxygen atoms in total. The van der Waals surface area contributed by atoms with Gasteiger partial charge in [0.1, 0.15) is 0 Å². The third-order valence-corrected chi connectivity index (χ3v) is 3.71. The highest BCUT2D eigenvalue weighted by Crippen LogP contribution is 2.17. The average molecular weight is 299 g/mol. The molecule has 1 aromatic heterocycles. The van der Waals surface area contributed by atoms with Gasteiger partial charge < -0.3 is 4.90 Å². The molecule has 0 unspecified atom stereocenters. The van der Waals surface area contributed by atoms with Gasteiger partial charge in [-0.1, -0.05) is 39.0 Å². The van der Waals surface area contributed by atoms with Crippen LogP contribution in [-0.4, -0.2) is 33.7 Å². The summed E-state index contributed by atoms with van der Waals surface area (Å²) < 4.78 is 1.88. The summed E-state index contributed by atoms with van der Waals surface area (Å²) in [6, 6.07) is 9.97. The fraction of sp³-hybridized carbons (Fsp3) is 0.444. The number of amides is 1. The molecule has 0 spiro atoms. The van der Waals surface area contributed by atoms with E-state index in [0.29, 0.717) is 0 Å². The lowest BCUT2D eigenvalue weighted by Crippen LogP contribution is -2.33. The molecule has 0 bridgehead atoms. The van der Waals surface area contributed by atoms with Crippen molar-refractivity contribution in [3.63, 3.8) is 0 Å². The van der Waals surface area contributed by atoms with Gasteiger partial charge in [-0.2, -0.15) is 5.10 Å². The van der Waals surface area contributed by atoms with Crippen molar-refractivity contribution < 1.29 is 4.79 Å². The van der Waals surface area contributed by atoms with E-state index in [1.54, 1.807) is 6.20 Å². The fourth-order valence-electron chi connectivity index (χ4n) is 2.71. The first-order valence-corrected chi connectivity index (χ1v) is 8.14. The maximum atomic E-state index is 12.8. The third-order valence-electron chi connectivity index (χ3n) is 3.71. The molecule has 1 aromatic carbocycles. The standard InChI is InChI=1S/C18H25N3O/c1-4-12-20(13-5-2)18(22)16-14-19-21(17(16)6-3)15-10-8-7-9-11-15/h7-11,14H,4-6,12-13H2,1-3H3. The Morgan fingerprint density at radius 2 is 1.73 bits per heavy atom. The molecule has 0 aliphatic heterocycles. The second kappa shape index (κ2) is 7.78. The van der Waals surface area contributed by atoms with Crippen LogP contribution >= 0.6 is 0 Å². The van der Waals surface area contributed by atoms with Crippen LogP contribution in [0.3, 0.4) is 0 Å². The van der Waals surface area contributed by atoms with Crippen molar-refractivity contribution in [3.8, 4) is 5.69 Å². The second-order valence-corrected chi connectivity index (χ2v) is 5.40. The highest BCUT2D eigenvalue weighted by atomic mass is 16.2. The van der Waals surface area contributed by atoms with Gasteiger partial charge in [0.2, 0.25) is 0 Å². The minimum absolute atomic E-state index is 0.0998. The lowest BCUT2D eigenvalue weighted by atomic mass is 10.1. The first kappa shape index (κ1) is 16.3. The number of carbonyl (C=O) groups is 1. The van der Waals surface area contributed by atoms with Crippen molar-refractivity contribution in [2.45, 2.75) is 40.0 Å². The summed E-state index contributed by atoms with van der Waals surface area (Å²) in [4.78, 5) is 14.8. The zero-order valence-corrected chi connectivity index (χ0v) is 13.7. The molecule has 1 heterocycles. The van der Waals surface area contributed by atoms with Gasteiger partial charge >= 0.3 is 0 Å². The topological polar surface area (TPSA) is 38.1 Å². The number of hydrogen-bond acceptors (Lipinski definition) is 2. The number of benzene rings is 1. The van der Waals surface area contributed by atoms with Gasteiger partial charge in [-0.15, -0.1) is 0 Å². The molecule has 0 radical (unpaired) electrons. The van der Waals surface area contributed by atoms with Crippen molar-refractivity contribution in [1.29, 1.82) is 0 Å². The highest BCUT2D eigenvalue weighted by molar-refractivity contribution is 5.95. The molecular weight excluding hydrogens is 274 g/mol. The van der Waals surface area contributed by atoms with Gasteiger partial charge in [0, 0.05) is 13.1 Å². The van der Waals surface area contributed by atoms with E-state index in [-0.39, 0.29) is 5.91 Å². The minimum Gasteiger partial charge on any atom is -0.339 e. The molecule has 0 fully saturated rings. The minimum atomic E-state index is 0.0998. The molecule has 0 saturated heterocycles. The summed E-state index contributed by atoms with van der Waals surface area (Å²) in [5, 5.41) is 4.45. The second-order valence-electron chi connectivity index (χ2n) is 5.40. The molecule has 22 heavy (non-hydrogen) atoms. The molecule has 0 atom stereocenters. The Balaban J connectivity index is 2.36. The molecule has 1 amide bonds. The van der Waals surface area contributed by atoms with E-state index in [9.17, 15) is 4.79 Å². The Morgan fingerprint density at radius 3 is 2.27 bits per heavy atom. The van der Waals surface area contributed by atoms with Crippen molar-refractivity contribution in [3.05, 3.63) is 47.8 Å². The van der Waals surface area contributed by atoms with E-state index in [1.165, 1.54) is 0 Å². The van der Waals surface area contributed by atoms with Crippen LogP contribution in [0.2, 0.25) is 0 Å². The summed E-state index contributed by atoms with van der Waals surface area (Å²) in [5.41, 5.74) is 2.71. The smallest absolute Gasteiger partial charge is 0.257 e. The highest BCUT2D eigenvalue weighted by Gasteiger charge is 2.21. The Morgan fingerprint density at radius 1 is 1.09 bits per heavy atom. The van der Waals surface area contributed by atoms with E-state index >= 15 is 0 Å². The molecule has 0 aliphatic rings. The van der Waals surface area contributed by atoms with Crippen LogP contribution in [0.15, 0.2) is 36.5 Å². The summed E-state index contributed by atoms with van der Waals surface area (Å²) in [5.74, 6) is 0.0998. The fourth-order valence-corrected chi connectivity index (χ4v) is 2.71. The van der Waals surface area contributed by atoms with Crippen molar-refractivity contribution in [2.75, 3.05) is 13.1 Å². The quantitative estimate of drug-likeness (QED) is 0.782. The third kappa shape index (κ3) is 3.38. The van der Waals surface area contributed by atoms with E-state index < -0.39 is 0 Å². The largest absolute Gasteiger partial charge is 0.339 e. The van der Waals surface area contributed by atoms with Crippen LogP contribution in [0.5, 0.6) is 0 Å². The Bertz CT molecular complexity index is 598. The molecule has 0 N–H and O–H groups in total. The molecule has 0 saturated carbocycles. The number of nitrogens with zero attached hydrogens (tertiary/aromatic N) is 3. The van der Waals surface area contributed by atoms with Gasteiger partial charge in [-0.05, 0) is 31.4 Å². The van der Waals surface area contributed by atoms with Crippen LogP contribution in [0.4, 0.5) is 0 Å². The van der Waals surface area contributed by atoms with Crippen LogP contribution in [0.1, 0.15) is 49.7 Å². The summed E-state index contributed by atoms with van der Waals surface area (Å²) in [6.45, 7) is 7.87. The SMILES string of the molecule is CCCN(CCC)C(=O)c1cnn(-c2ccccc2)c1CC. The Kier molecular flexibility index (Phi) is 5.75. The van der Waals surface area contributed by atoms with Gasteiger partial charge in [0.25, 0.3) is 5.91 Å². The monoisotopic (exact) mass is 299 g/mol. The summed E-state index contributed by atoms with van der Waals surface area (Å²) in [7, 11) is 0. The van der Waals surface area contributed by atoms with E-state index in [2.05, 4.69) is 25.9 Å². The van der Waals surface area contributed by atoms with Gasteiger partial charge in [0.05, 0.1) is 23.1 Å². The predicted octanol–water partition coefficient (Wildman–Crippen LogP) is 3.70. The number of rotatable bonds is 7. The van der Waals surface area contributed by atoms with Gasteiger partial charge in [-0.3, -0.25) is 4.79 Å². The summed E-state index contributed by atoms with van der Waals surface area (Å²) >= 11 is 0. The van der Waals surface area contributed by atoms with Crippen LogP contribution in [0.25, 0.3) is 5.69 Å². The van der Waals surface area contributed by atoms with Gasteiger partial charge in [-0.25, -0.2) is 4.68 Å². The molecule has 118 valence electrons. The zero-order chi connectivity index (χ0) is 15.9. The maximum absolute atomic E-state index is 12.8. The predicted molar refractivity (Wildman–Crippen MR) is 89.4 cm³/mol. The van der Waals surface area contributed by atoms with Gasteiger partial charge in [0.15, 0.2) is 0 Å². The molecule has 2 rings (SSSR count). The van der Waals surface area contributed by atoms with E-state index in [4.69, 9.17) is 0 Å². The lowest BCUT2D eigenvalue weighted by molar-refractivity contribution is 0.0754. The van der Waals surface area contributed by atoms with Crippen LogP contribution in [0, 0.1) is 0 Å². The Hall–Kier alpha value is -2.10. The zero-order valence-electron chi connectivity index (χ0n) is 13.7. The number of aromatic nitrogens is 2. The number of hydrogen-bond donors (Lipinski definition) is 0. The van der Waals surface area contributed by atoms with Crippen LogP contribution < -0.4 is 0 Å². The lowest BCUT2D eigenvalue weighted by Gasteiger charge is -2.21. The van der Waals surface area contributed by atoms with Crippen molar-refractivity contribution >= 4 is 5.91 Å². The first-order chi connectivity index (χ1) is 10.7. The normalized spacial score (nSPS) is 10.7. The van der Waals surface area contributed by atoms with Crippen molar-refractivity contribution in [1.82, 2.24) is 14.7 Å². The van der Waals surface area contributed by atoms with Crippen LogP contribution in [-0.2, 0) is 6.42 Å². The first-order valence-electron chi connectivity index (χ1n) is 8.14. The molecule has 2 aromatic rings. The van der Waals surface area contributed by atoms with E-state index in [0.717, 1.165) is 49.3 Å². The number of para-hydroxylation sites is 1. The molecule has 0 aliphatic carbocycles. The summed E-state index contributed by atoms with van der Waals surface area (Å²) in [6.07, 6.45) is 4.44. The number of carbonyl (C=O) groups excluding carboxylic acids is 1. The average Bonchev–Trinajstić information content (AvgIpc) is 2.98. The molecular formula is C18H25N3O. The Labute approximate surface area is 132 Å². The maximum Gasteiger partial charge on any atom is 0.257 e. The van der Waals surface area contributed by atoms with Crippen molar-refractivity contribution in [2.24, 2.45) is 0 Å².